The van der Waals surface area contributed by atoms with Crippen LogP contribution in [0.3, 0.4) is 0 Å². The van der Waals surface area contributed by atoms with Crippen LogP contribution in [-0.4, -0.2) is 17.4 Å². The van der Waals surface area contributed by atoms with Gasteiger partial charge < -0.3 is 5.32 Å². The van der Waals surface area contributed by atoms with E-state index < -0.39 is 17.6 Å². The Balaban J connectivity index is 2.30. The van der Waals surface area contributed by atoms with Crippen molar-refractivity contribution in [1.82, 2.24) is 4.98 Å². The fourth-order valence-electron chi connectivity index (χ4n) is 2.16. The number of hydrogen-bond donors (Lipinski definition) is 2. The minimum atomic E-state index is -4.65. The molecular weight excluding hydrogens is 387 g/mol. The van der Waals surface area contributed by atoms with Crippen LogP contribution in [0, 0.1) is 5.41 Å². The van der Waals surface area contributed by atoms with Crippen molar-refractivity contribution >= 4 is 39.7 Å². The second-order valence-electron chi connectivity index (χ2n) is 6.91. The molecule has 0 unspecified atom stereocenters. The van der Waals surface area contributed by atoms with Crippen LogP contribution in [0.25, 0.3) is 0 Å². The van der Waals surface area contributed by atoms with Crippen molar-refractivity contribution in [3.05, 3.63) is 39.9 Å². The molecule has 0 saturated carbocycles. The summed E-state index contributed by atoms with van der Waals surface area (Å²) >= 11 is 7.23. The number of alkyl halides is 3. The first-order valence-electron chi connectivity index (χ1n) is 7.83. The van der Waals surface area contributed by atoms with Crippen molar-refractivity contribution in [2.24, 2.45) is 5.41 Å². The highest BCUT2D eigenvalue weighted by Crippen LogP contribution is 2.40. The standard InChI is InChI=1S/C17H19ClF3N3OS/c1-16(2,3)4-5-22-13-11(17(19,20)21)8-10(9-12(13)18)14(25)24-15-23-6-7-26-15/h6-9,22H,4-5H2,1-3H3,(H,23,24,25). The van der Waals surface area contributed by atoms with E-state index in [9.17, 15) is 18.0 Å². The zero-order valence-electron chi connectivity index (χ0n) is 14.5. The Bertz CT molecular complexity index is 771. The fourth-order valence-corrected chi connectivity index (χ4v) is 2.97. The van der Waals surface area contributed by atoms with Crippen LogP contribution < -0.4 is 10.6 Å². The summed E-state index contributed by atoms with van der Waals surface area (Å²) in [5.41, 5.74) is -1.40. The zero-order valence-corrected chi connectivity index (χ0v) is 16.1. The predicted octanol–water partition coefficient (Wildman–Crippen LogP) is 5.92. The van der Waals surface area contributed by atoms with Crippen LogP contribution in [0.5, 0.6) is 0 Å². The molecular formula is C17H19ClF3N3OS. The highest BCUT2D eigenvalue weighted by Gasteiger charge is 2.35. The molecule has 0 fully saturated rings. The van der Waals surface area contributed by atoms with Gasteiger partial charge in [0.2, 0.25) is 0 Å². The summed E-state index contributed by atoms with van der Waals surface area (Å²) in [6.07, 6.45) is -2.51. The van der Waals surface area contributed by atoms with Gasteiger partial charge in [-0.25, -0.2) is 4.98 Å². The first-order valence-corrected chi connectivity index (χ1v) is 9.08. The number of anilines is 2. The maximum absolute atomic E-state index is 13.5. The molecule has 1 heterocycles. The molecule has 4 nitrogen and oxygen atoms in total. The maximum Gasteiger partial charge on any atom is 0.418 e. The molecule has 1 aromatic carbocycles. The summed E-state index contributed by atoms with van der Waals surface area (Å²) < 4.78 is 40.4. The van der Waals surface area contributed by atoms with Gasteiger partial charge in [-0.05, 0) is 24.0 Å². The van der Waals surface area contributed by atoms with E-state index in [-0.39, 0.29) is 21.7 Å². The Hall–Kier alpha value is -1.80. The number of thiazole rings is 1. The third-order valence-corrected chi connectivity index (χ3v) is 4.47. The predicted molar refractivity (Wildman–Crippen MR) is 99.1 cm³/mol. The number of nitrogens with one attached hydrogen (secondary N) is 2. The summed E-state index contributed by atoms with van der Waals surface area (Å²) in [6.45, 7) is 6.31. The molecule has 2 aromatic rings. The number of nitrogens with zero attached hydrogens (tertiary/aromatic N) is 1. The normalized spacial score (nSPS) is 12.1. The van der Waals surface area contributed by atoms with Gasteiger partial charge in [-0.1, -0.05) is 32.4 Å². The lowest BCUT2D eigenvalue weighted by atomic mass is 9.92. The lowest BCUT2D eigenvalue weighted by Crippen LogP contribution is -2.18. The number of amides is 1. The van der Waals surface area contributed by atoms with Crippen molar-refractivity contribution < 1.29 is 18.0 Å². The van der Waals surface area contributed by atoms with E-state index >= 15 is 0 Å². The molecule has 1 amide bonds. The Morgan fingerprint density at radius 3 is 2.50 bits per heavy atom. The van der Waals surface area contributed by atoms with Gasteiger partial charge in [0.25, 0.3) is 5.91 Å². The van der Waals surface area contributed by atoms with E-state index in [2.05, 4.69) is 15.6 Å². The minimum Gasteiger partial charge on any atom is -0.383 e. The van der Waals surface area contributed by atoms with Crippen molar-refractivity contribution in [3.63, 3.8) is 0 Å². The van der Waals surface area contributed by atoms with Gasteiger partial charge in [0.1, 0.15) is 0 Å². The van der Waals surface area contributed by atoms with Crippen molar-refractivity contribution in [3.8, 4) is 0 Å². The number of aromatic nitrogens is 1. The summed E-state index contributed by atoms with van der Waals surface area (Å²) in [5, 5.41) is 7.00. The Labute approximate surface area is 158 Å². The van der Waals surface area contributed by atoms with E-state index in [0.717, 1.165) is 6.07 Å². The molecule has 9 heteroatoms. The summed E-state index contributed by atoms with van der Waals surface area (Å²) in [6, 6.07) is 2.02. The molecule has 2 N–H and O–H groups in total. The Kier molecular flexibility index (Phi) is 6.18. The van der Waals surface area contributed by atoms with Crippen LogP contribution in [0.1, 0.15) is 43.1 Å². The molecule has 0 spiro atoms. The van der Waals surface area contributed by atoms with Crippen LogP contribution >= 0.6 is 22.9 Å². The lowest BCUT2D eigenvalue weighted by Gasteiger charge is -2.21. The first-order chi connectivity index (χ1) is 12.0. The van der Waals surface area contributed by atoms with Gasteiger partial charge >= 0.3 is 6.18 Å². The highest BCUT2D eigenvalue weighted by molar-refractivity contribution is 7.13. The van der Waals surface area contributed by atoms with Gasteiger partial charge in [0.05, 0.1) is 16.3 Å². The van der Waals surface area contributed by atoms with Crippen LogP contribution in [0.4, 0.5) is 24.0 Å². The summed E-state index contributed by atoms with van der Waals surface area (Å²) in [7, 11) is 0. The molecule has 1 aromatic heterocycles. The van der Waals surface area contributed by atoms with Gasteiger partial charge in [-0.2, -0.15) is 13.2 Å². The SMILES string of the molecule is CC(C)(C)CCNc1c(Cl)cc(C(=O)Nc2nccs2)cc1C(F)(F)F. The molecule has 26 heavy (non-hydrogen) atoms. The quantitative estimate of drug-likeness (QED) is 0.649. The smallest absolute Gasteiger partial charge is 0.383 e. The Morgan fingerprint density at radius 2 is 1.96 bits per heavy atom. The van der Waals surface area contributed by atoms with Gasteiger partial charge in [-0.3, -0.25) is 10.1 Å². The molecule has 0 radical (unpaired) electrons. The topological polar surface area (TPSA) is 54.0 Å². The number of carbonyl (C=O) groups is 1. The molecule has 0 bridgehead atoms. The third kappa shape index (κ3) is 5.60. The highest BCUT2D eigenvalue weighted by atomic mass is 35.5. The van der Waals surface area contributed by atoms with Crippen LogP contribution in [-0.2, 0) is 6.18 Å². The number of hydrogen-bond acceptors (Lipinski definition) is 4. The van der Waals surface area contributed by atoms with E-state index in [0.29, 0.717) is 18.1 Å². The van der Waals surface area contributed by atoms with Crippen molar-refractivity contribution in [2.75, 3.05) is 17.2 Å². The van der Waals surface area contributed by atoms with E-state index in [1.807, 2.05) is 20.8 Å². The first kappa shape index (κ1) is 20.5. The van der Waals surface area contributed by atoms with Gasteiger partial charge in [0, 0.05) is 23.7 Å². The van der Waals surface area contributed by atoms with Crippen molar-refractivity contribution in [2.45, 2.75) is 33.4 Å². The molecule has 0 atom stereocenters. The fraction of sp³-hybridized carbons (Fsp3) is 0.412. The van der Waals surface area contributed by atoms with E-state index in [4.69, 9.17) is 11.6 Å². The molecule has 0 aliphatic rings. The van der Waals surface area contributed by atoms with Crippen molar-refractivity contribution in [1.29, 1.82) is 0 Å². The monoisotopic (exact) mass is 405 g/mol. The molecule has 0 aliphatic carbocycles. The number of carbonyl (C=O) groups excluding carboxylic acids is 1. The Morgan fingerprint density at radius 1 is 1.27 bits per heavy atom. The van der Waals surface area contributed by atoms with Gasteiger partial charge in [0.15, 0.2) is 5.13 Å². The average Bonchev–Trinajstić information content (AvgIpc) is 2.99. The maximum atomic E-state index is 13.5. The minimum absolute atomic E-state index is 0.0363. The van der Waals surface area contributed by atoms with Crippen LogP contribution in [0.2, 0.25) is 5.02 Å². The molecule has 0 saturated heterocycles. The second-order valence-corrected chi connectivity index (χ2v) is 8.21. The summed E-state index contributed by atoms with van der Waals surface area (Å²) in [4.78, 5) is 16.1. The van der Waals surface area contributed by atoms with E-state index in [1.165, 1.54) is 23.6 Å². The number of rotatable bonds is 5. The van der Waals surface area contributed by atoms with Crippen LogP contribution in [0.15, 0.2) is 23.7 Å². The number of benzene rings is 1. The summed E-state index contributed by atoms with van der Waals surface area (Å²) in [5.74, 6) is -0.700. The molecule has 2 rings (SSSR count). The average molecular weight is 406 g/mol. The molecule has 142 valence electrons. The number of halogens is 4. The molecule has 0 aliphatic heterocycles. The third-order valence-electron chi connectivity index (χ3n) is 3.49. The van der Waals surface area contributed by atoms with Gasteiger partial charge in [-0.15, -0.1) is 11.3 Å². The lowest BCUT2D eigenvalue weighted by molar-refractivity contribution is -0.137. The van der Waals surface area contributed by atoms with E-state index in [1.54, 1.807) is 5.38 Å². The zero-order chi connectivity index (χ0) is 19.5. The second kappa shape index (κ2) is 7.84. The largest absolute Gasteiger partial charge is 0.418 e.